The highest BCUT2D eigenvalue weighted by Crippen LogP contribution is 2.53. The van der Waals surface area contributed by atoms with Gasteiger partial charge in [-0.05, 0) is 159 Å². The molecule has 0 N–H and O–H groups in total. The zero-order valence-electron chi connectivity index (χ0n) is 48.5. The molecule has 0 unspecified atom stereocenters. The number of thiophene rings is 1. The number of hydrogen-bond acceptors (Lipinski definition) is 6. The number of nitrogens with zero attached hydrogens (tertiary/aromatic N) is 4. The van der Waals surface area contributed by atoms with Crippen molar-refractivity contribution in [3.05, 3.63) is 272 Å². The van der Waals surface area contributed by atoms with Crippen molar-refractivity contribution in [2.24, 2.45) is 0 Å². The van der Waals surface area contributed by atoms with Crippen molar-refractivity contribution in [2.45, 2.75) is 52.4 Å². The van der Waals surface area contributed by atoms with Crippen LogP contribution in [0.4, 0.5) is 68.2 Å². The van der Waals surface area contributed by atoms with E-state index in [1.807, 2.05) is 17.4 Å². The molecule has 0 spiro atoms. The molecular weight excluding hydrogens is 1050 g/mol. The van der Waals surface area contributed by atoms with Crippen molar-refractivity contribution < 1.29 is 4.42 Å². The molecule has 5 nitrogen and oxygen atoms in total. The number of benzene rings is 12. The van der Waals surface area contributed by atoms with Crippen molar-refractivity contribution in [3.8, 4) is 0 Å². The van der Waals surface area contributed by atoms with Gasteiger partial charge in [0.25, 0.3) is 6.71 Å². The molecule has 0 radical (unpaired) electrons. The molecular formula is C78H61BN4OS. The van der Waals surface area contributed by atoms with Crippen LogP contribution < -0.4 is 36.0 Å². The topological polar surface area (TPSA) is 26.1 Å². The Morgan fingerprint density at radius 2 is 0.918 bits per heavy atom. The maximum atomic E-state index is 6.49. The van der Waals surface area contributed by atoms with Crippen LogP contribution in [0.2, 0.25) is 0 Å². The van der Waals surface area contributed by atoms with Crippen LogP contribution in [0.5, 0.6) is 0 Å². The molecule has 85 heavy (non-hydrogen) atoms. The van der Waals surface area contributed by atoms with E-state index in [4.69, 9.17) is 4.42 Å². The summed E-state index contributed by atoms with van der Waals surface area (Å²) in [5, 5.41) is 7.07. The first-order valence-corrected chi connectivity index (χ1v) is 30.4. The van der Waals surface area contributed by atoms with Gasteiger partial charge < -0.3 is 24.0 Å². The summed E-state index contributed by atoms with van der Waals surface area (Å²) in [5.74, 6) is 0. The van der Waals surface area contributed by atoms with E-state index in [1.165, 1.54) is 64.1 Å². The molecule has 0 amide bonds. The van der Waals surface area contributed by atoms with Crippen LogP contribution in [0.1, 0.15) is 52.7 Å². The van der Waals surface area contributed by atoms with Crippen molar-refractivity contribution in [1.29, 1.82) is 0 Å². The van der Waals surface area contributed by atoms with E-state index in [1.54, 1.807) is 0 Å². The van der Waals surface area contributed by atoms with Gasteiger partial charge in [0.2, 0.25) is 0 Å². The molecule has 7 heteroatoms. The Bertz CT molecular complexity index is 4900. The first kappa shape index (κ1) is 50.9. The van der Waals surface area contributed by atoms with Crippen LogP contribution in [0.15, 0.2) is 265 Å². The molecule has 0 saturated heterocycles. The number of hydrogen-bond donors (Lipinski definition) is 0. The maximum absolute atomic E-state index is 6.49. The van der Waals surface area contributed by atoms with Gasteiger partial charge in [0.05, 0.1) is 17.1 Å². The minimum Gasteiger partial charge on any atom is -0.456 e. The summed E-state index contributed by atoms with van der Waals surface area (Å²) in [4.78, 5) is 10.1. The Hall–Kier alpha value is -9.82. The zero-order chi connectivity index (χ0) is 57.3. The van der Waals surface area contributed by atoms with Gasteiger partial charge in [-0.25, -0.2) is 0 Å². The molecule has 0 atom stereocenters. The first-order chi connectivity index (χ1) is 41.4. The first-order valence-electron chi connectivity index (χ1n) is 29.6. The lowest BCUT2D eigenvalue weighted by Gasteiger charge is -2.45. The fourth-order valence-electron chi connectivity index (χ4n) is 13.6. The van der Waals surface area contributed by atoms with Crippen LogP contribution in [0, 0.1) is 0 Å². The molecule has 4 heterocycles. The number of para-hydroxylation sites is 3. The smallest absolute Gasteiger partial charge is 0.252 e. The summed E-state index contributed by atoms with van der Waals surface area (Å²) in [5.41, 5.74) is 21.3. The second-order valence-corrected chi connectivity index (χ2v) is 26.0. The molecule has 2 aliphatic heterocycles. The summed E-state index contributed by atoms with van der Waals surface area (Å²) in [6.07, 6.45) is 0. The molecule has 0 fully saturated rings. The second kappa shape index (κ2) is 19.4. The van der Waals surface area contributed by atoms with E-state index in [2.05, 4.69) is 316 Å². The summed E-state index contributed by atoms with van der Waals surface area (Å²) < 4.78 is 9.04. The van der Waals surface area contributed by atoms with Crippen LogP contribution >= 0.6 is 11.3 Å². The van der Waals surface area contributed by atoms with Crippen molar-refractivity contribution in [2.75, 3.05) is 19.6 Å². The van der Waals surface area contributed by atoms with Gasteiger partial charge in [-0.1, -0.05) is 187 Å². The van der Waals surface area contributed by atoms with Gasteiger partial charge in [0.15, 0.2) is 0 Å². The van der Waals surface area contributed by atoms with E-state index in [0.717, 1.165) is 84.5 Å². The zero-order valence-corrected chi connectivity index (χ0v) is 49.3. The SMILES string of the molecule is CC(C)(C)c1ccc(N2c3cc(N(c4ccc5oc6ccccc6c5c4)c4cccc5ccccc45)ccc3B3c4ccc5sc6ccccc6c5c4N(c4ccc(C(C)(C)C)cc4)c4cc(N(c5ccccc5)c5ccccc5)cc2c43)cc1. The van der Waals surface area contributed by atoms with Gasteiger partial charge in [0.1, 0.15) is 11.2 Å². The Balaban J connectivity index is 1.03. The van der Waals surface area contributed by atoms with Gasteiger partial charge in [-0.3, -0.25) is 0 Å². The molecule has 0 aliphatic carbocycles. The highest BCUT2D eigenvalue weighted by molar-refractivity contribution is 7.26. The molecule has 16 rings (SSSR count). The Morgan fingerprint density at radius 3 is 1.61 bits per heavy atom. The Morgan fingerprint density at radius 1 is 0.376 bits per heavy atom. The third kappa shape index (κ3) is 8.27. The van der Waals surface area contributed by atoms with Gasteiger partial charge in [-0.15, -0.1) is 11.3 Å². The normalized spacial score (nSPS) is 13.0. The van der Waals surface area contributed by atoms with E-state index in [-0.39, 0.29) is 17.5 Å². The lowest BCUT2D eigenvalue weighted by Crippen LogP contribution is -2.61. The van der Waals surface area contributed by atoms with Gasteiger partial charge in [-0.2, -0.15) is 0 Å². The van der Waals surface area contributed by atoms with Crippen LogP contribution in [-0.4, -0.2) is 6.71 Å². The third-order valence-corrected chi connectivity index (χ3v) is 18.8. The number of anilines is 12. The molecule has 12 aromatic carbocycles. The molecule has 408 valence electrons. The Kier molecular flexibility index (Phi) is 11.6. The predicted molar refractivity (Wildman–Crippen MR) is 365 cm³/mol. The average molecular weight is 1110 g/mol. The highest BCUT2D eigenvalue weighted by atomic mass is 32.1. The lowest BCUT2D eigenvalue weighted by atomic mass is 9.33. The van der Waals surface area contributed by atoms with Crippen molar-refractivity contribution in [3.63, 3.8) is 0 Å². The molecule has 0 saturated carbocycles. The summed E-state index contributed by atoms with van der Waals surface area (Å²) in [7, 11) is 0. The monoisotopic (exact) mass is 1110 g/mol. The van der Waals surface area contributed by atoms with Crippen LogP contribution in [0.25, 0.3) is 52.9 Å². The molecule has 0 bridgehead atoms. The van der Waals surface area contributed by atoms with Crippen molar-refractivity contribution >= 4 is 156 Å². The number of fused-ring (bicyclic) bond motifs is 12. The maximum Gasteiger partial charge on any atom is 0.252 e. The van der Waals surface area contributed by atoms with E-state index < -0.39 is 0 Å². The van der Waals surface area contributed by atoms with Gasteiger partial charge in [0, 0.05) is 87.5 Å². The van der Waals surface area contributed by atoms with Crippen LogP contribution in [-0.2, 0) is 10.8 Å². The van der Waals surface area contributed by atoms with Crippen molar-refractivity contribution in [1.82, 2.24) is 0 Å². The third-order valence-electron chi connectivity index (χ3n) is 17.7. The minimum atomic E-state index is -0.155. The molecule has 14 aromatic rings. The highest BCUT2D eigenvalue weighted by Gasteiger charge is 2.45. The molecule has 2 aliphatic rings. The standard InChI is InChI=1S/C78H61BN4OS/c1-77(2,3)51-32-36-55(37-33-51)82-67-47-58(81(66-29-19-21-50-20-13-14-26-60(50)66)57-41-44-71-63(46-57)61-27-15-17-30-70(61)84-71)40-42-64(67)79-65-43-45-73-74(62-28-16-18-31-72(62)85-73)76(65)83(56-38-34-52(35-39-56)78(4,5)6)69-49-59(48-68(82)75(69)79)80(53-22-9-7-10-23-53)54-24-11-8-12-25-54/h7-49H,1-6H3. The van der Waals surface area contributed by atoms with E-state index in [0.29, 0.717) is 0 Å². The summed E-state index contributed by atoms with van der Waals surface area (Å²) in [6, 6.07) is 97.2. The second-order valence-electron chi connectivity index (χ2n) is 24.9. The average Bonchev–Trinajstić information content (AvgIpc) is 1.50. The minimum absolute atomic E-state index is 0.0274. The quantitative estimate of drug-likeness (QED) is 0.141. The summed E-state index contributed by atoms with van der Waals surface area (Å²) >= 11 is 1.88. The molecule has 2 aromatic heterocycles. The number of furan rings is 1. The Labute approximate surface area is 501 Å². The fraction of sp³-hybridized carbons (Fsp3) is 0.103. The van der Waals surface area contributed by atoms with Gasteiger partial charge >= 0.3 is 0 Å². The van der Waals surface area contributed by atoms with E-state index in [9.17, 15) is 0 Å². The predicted octanol–water partition coefficient (Wildman–Crippen LogP) is 20.7. The van der Waals surface area contributed by atoms with Crippen LogP contribution in [0.3, 0.4) is 0 Å². The lowest BCUT2D eigenvalue weighted by molar-refractivity contribution is 0.590. The van der Waals surface area contributed by atoms with E-state index >= 15 is 0 Å². The summed E-state index contributed by atoms with van der Waals surface area (Å²) in [6.45, 7) is 13.7. The number of rotatable bonds is 8. The fourth-order valence-corrected chi connectivity index (χ4v) is 14.7. The largest absolute Gasteiger partial charge is 0.456 e.